The lowest BCUT2D eigenvalue weighted by Crippen LogP contribution is -2.40. The maximum absolute atomic E-state index is 11.0. The molecular formula is C12H10N2O4. The molecule has 1 atom stereocenters. The number of carbonyl (C=O) groups is 2. The van der Waals surface area contributed by atoms with E-state index in [2.05, 4.69) is 9.98 Å². The Labute approximate surface area is 102 Å². The second-order valence-corrected chi connectivity index (χ2v) is 3.82. The van der Waals surface area contributed by atoms with E-state index in [0.717, 1.165) is 12.3 Å². The molecule has 6 heteroatoms. The van der Waals surface area contributed by atoms with Crippen molar-refractivity contribution in [3.8, 4) is 0 Å². The van der Waals surface area contributed by atoms with E-state index in [1.54, 1.807) is 24.4 Å². The van der Waals surface area contributed by atoms with E-state index < -0.39 is 23.4 Å². The average molecular weight is 246 g/mol. The summed E-state index contributed by atoms with van der Waals surface area (Å²) >= 11 is 0. The molecule has 0 radical (unpaired) electrons. The lowest BCUT2D eigenvalue weighted by atomic mass is 9.86. The molecule has 1 unspecified atom stereocenters. The second-order valence-electron chi connectivity index (χ2n) is 3.82. The molecule has 2 heterocycles. The van der Waals surface area contributed by atoms with Crippen LogP contribution in [0.25, 0.3) is 0 Å². The van der Waals surface area contributed by atoms with Crippen LogP contribution in [0.15, 0.2) is 41.5 Å². The highest BCUT2D eigenvalue weighted by atomic mass is 16.4. The van der Waals surface area contributed by atoms with Crippen molar-refractivity contribution in [2.75, 3.05) is 0 Å². The predicted molar refractivity (Wildman–Crippen MR) is 62.3 cm³/mol. The number of pyridine rings is 1. The summed E-state index contributed by atoms with van der Waals surface area (Å²) in [6.07, 6.45) is 5.10. The Morgan fingerprint density at radius 3 is 2.39 bits per heavy atom. The van der Waals surface area contributed by atoms with Crippen molar-refractivity contribution in [3.05, 3.63) is 42.2 Å². The van der Waals surface area contributed by atoms with E-state index >= 15 is 0 Å². The molecule has 1 aliphatic heterocycles. The van der Waals surface area contributed by atoms with E-state index in [1.807, 2.05) is 0 Å². The molecule has 0 fully saturated rings. The first-order chi connectivity index (χ1) is 8.56. The van der Waals surface area contributed by atoms with Crippen molar-refractivity contribution in [1.29, 1.82) is 0 Å². The third-order valence-electron chi connectivity index (χ3n) is 2.68. The summed E-state index contributed by atoms with van der Waals surface area (Å²) in [5.74, 6) is -2.93. The molecule has 0 aromatic carbocycles. The Morgan fingerprint density at radius 1 is 1.22 bits per heavy atom. The zero-order valence-corrected chi connectivity index (χ0v) is 9.22. The summed E-state index contributed by atoms with van der Waals surface area (Å²) in [5, 5.41) is 18.0. The first-order valence-electron chi connectivity index (χ1n) is 5.18. The number of nitrogens with zero attached hydrogens (tertiary/aromatic N) is 2. The van der Waals surface area contributed by atoms with Crippen LogP contribution in [0.5, 0.6) is 0 Å². The largest absolute Gasteiger partial charge is 0.480 e. The number of aromatic nitrogens is 1. The summed E-state index contributed by atoms with van der Waals surface area (Å²) in [5.41, 5.74) is -1.44. The van der Waals surface area contributed by atoms with Gasteiger partial charge >= 0.3 is 11.9 Å². The molecule has 0 saturated carbocycles. The van der Waals surface area contributed by atoms with Crippen LogP contribution in [0, 0.1) is 5.41 Å². The van der Waals surface area contributed by atoms with Gasteiger partial charge in [0, 0.05) is 12.4 Å². The van der Waals surface area contributed by atoms with E-state index in [9.17, 15) is 9.59 Å². The Kier molecular flexibility index (Phi) is 2.93. The monoisotopic (exact) mass is 246 g/mol. The number of dihydropyridines is 1. The molecule has 0 saturated heterocycles. The van der Waals surface area contributed by atoms with Crippen LogP contribution >= 0.6 is 0 Å². The first kappa shape index (κ1) is 12.0. The Balaban J connectivity index is 2.31. The maximum atomic E-state index is 11.0. The van der Waals surface area contributed by atoms with Gasteiger partial charge in [-0.05, 0) is 12.1 Å². The van der Waals surface area contributed by atoms with E-state index in [4.69, 9.17) is 10.2 Å². The van der Waals surface area contributed by atoms with Crippen molar-refractivity contribution in [2.45, 2.75) is 6.04 Å². The van der Waals surface area contributed by atoms with Gasteiger partial charge in [-0.1, -0.05) is 18.2 Å². The van der Waals surface area contributed by atoms with Crippen molar-refractivity contribution in [2.24, 2.45) is 10.4 Å². The summed E-state index contributed by atoms with van der Waals surface area (Å²) in [4.78, 5) is 30.1. The van der Waals surface area contributed by atoms with Gasteiger partial charge in [0.1, 0.15) is 6.04 Å². The lowest BCUT2D eigenvalue weighted by Gasteiger charge is -2.21. The molecule has 1 aromatic rings. The number of rotatable bonds is 3. The molecule has 0 spiro atoms. The zero-order valence-electron chi connectivity index (χ0n) is 9.22. The lowest BCUT2D eigenvalue weighted by molar-refractivity contribution is -0.155. The highest BCUT2D eigenvalue weighted by Crippen LogP contribution is 2.28. The van der Waals surface area contributed by atoms with E-state index in [-0.39, 0.29) is 0 Å². The van der Waals surface area contributed by atoms with E-state index in [0.29, 0.717) is 5.69 Å². The van der Waals surface area contributed by atoms with Crippen LogP contribution in [0.1, 0.15) is 11.7 Å². The normalized spacial score (nSPS) is 20.6. The fourth-order valence-corrected chi connectivity index (χ4v) is 1.60. The van der Waals surface area contributed by atoms with Crippen LogP contribution < -0.4 is 0 Å². The van der Waals surface area contributed by atoms with Crippen LogP contribution in [0.3, 0.4) is 0 Å². The van der Waals surface area contributed by atoms with Crippen molar-refractivity contribution < 1.29 is 19.8 Å². The zero-order chi connectivity index (χ0) is 13.2. The van der Waals surface area contributed by atoms with Gasteiger partial charge in [-0.2, -0.15) is 0 Å². The molecular weight excluding hydrogens is 236 g/mol. The van der Waals surface area contributed by atoms with Gasteiger partial charge in [0.15, 0.2) is 0 Å². The number of hydrogen-bond acceptors (Lipinski definition) is 4. The van der Waals surface area contributed by atoms with Gasteiger partial charge < -0.3 is 10.2 Å². The molecule has 92 valence electrons. The van der Waals surface area contributed by atoms with Gasteiger partial charge in [0.25, 0.3) is 0 Å². The minimum atomic E-state index is -2.08. The Morgan fingerprint density at radius 2 is 1.94 bits per heavy atom. The van der Waals surface area contributed by atoms with Crippen LogP contribution in [-0.4, -0.2) is 33.4 Å². The minimum absolute atomic E-state index is 0.446. The topological polar surface area (TPSA) is 99.8 Å². The summed E-state index contributed by atoms with van der Waals surface area (Å²) in [7, 11) is 0. The SMILES string of the molecule is O=C(O)C1(C(=O)O)C=CC(c2ccccn2)N=C1. The molecule has 0 aliphatic carbocycles. The van der Waals surface area contributed by atoms with Crippen LogP contribution in [-0.2, 0) is 9.59 Å². The van der Waals surface area contributed by atoms with Gasteiger partial charge in [0.05, 0.1) is 5.69 Å². The number of carboxylic acids is 2. The summed E-state index contributed by atoms with van der Waals surface area (Å²) in [6, 6.07) is 4.82. The molecule has 0 amide bonds. The second kappa shape index (κ2) is 4.40. The first-order valence-corrected chi connectivity index (χ1v) is 5.18. The third-order valence-corrected chi connectivity index (χ3v) is 2.68. The highest BCUT2D eigenvalue weighted by molar-refractivity contribution is 6.16. The fourth-order valence-electron chi connectivity index (χ4n) is 1.60. The molecule has 2 rings (SSSR count). The smallest absolute Gasteiger partial charge is 0.330 e. The molecule has 0 bridgehead atoms. The van der Waals surface area contributed by atoms with Gasteiger partial charge in [-0.3, -0.25) is 19.6 Å². The van der Waals surface area contributed by atoms with E-state index in [1.165, 1.54) is 6.08 Å². The standard InChI is InChI=1S/C12H10N2O4/c15-10(16)12(11(17)18)5-4-9(14-7-12)8-3-1-2-6-13-8/h1-7,9H,(H,15,16)(H,17,18). The molecule has 18 heavy (non-hydrogen) atoms. The molecule has 1 aromatic heterocycles. The molecule has 2 N–H and O–H groups in total. The number of aliphatic imine (C=N–C) groups is 1. The van der Waals surface area contributed by atoms with Gasteiger partial charge in [-0.15, -0.1) is 0 Å². The van der Waals surface area contributed by atoms with Gasteiger partial charge in [0.2, 0.25) is 5.41 Å². The van der Waals surface area contributed by atoms with Crippen molar-refractivity contribution in [3.63, 3.8) is 0 Å². The number of aliphatic carboxylic acids is 2. The third kappa shape index (κ3) is 1.88. The maximum Gasteiger partial charge on any atom is 0.330 e. The average Bonchev–Trinajstić information content (AvgIpc) is 2.39. The quantitative estimate of drug-likeness (QED) is 0.610. The summed E-state index contributed by atoms with van der Waals surface area (Å²) < 4.78 is 0. The minimum Gasteiger partial charge on any atom is -0.480 e. The Hall–Kier alpha value is -2.50. The van der Waals surface area contributed by atoms with Crippen molar-refractivity contribution in [1.82, 2.24) is 4.98 Å². The van der Waals surface area contributed by atoms with Gasteiger partial charge in [-0.25, -0.2) is 0 Å². The predicted octanol–water partition coefficient (Wildman–Crippen LogP) is 0.919. The van der Waals surface area contributed by atoms with Crippen LogP contribution in [0.2, 0.25) is 0 Å². The summed E-state index contributed by atoms with van der Waals surface area (Å²) in [6.45, 7) is 0. The highest BCUT2D eigenvalue weighted by Gasteiger charge is 2.44. The van der Waals surface area contributed by atoms with Crippen LogP contribution in [0.4, 0.5) is 0 Å². The number of hydrogen-bond donors (Lipinski definition) is 2. The molecule has 6 nitrogen and oxygen atoms in total. The number of carboxylic acid groups (broad SMARTS) is 2. The van der Waals surface area contributed by atoms with Crippen molar-refractivity contribution >= 4 is 18.2 Å². The Bertz CT molecular complexity index is 506. The fraction of sp³-hybridized carbons (Fsp3) is 0.167. The molecule has 1 aliphatic rings.